The highest BCUT2D eigenvalue weighted by Crippen LogP contribution is 2.39. The van der Waals surface area contributed by atoms with E-state index < -0.39 is 0 Å². The number of halogens is 1. The molecule has 1 aromatic heterocycles. The quantitative estimate of drug-likeness (QED) is 0.203. The molecule has 8 rings (SSSR count). The van der Waals surface area contributed by atoms with Crippen molar-refractivity contribution in [2.75, 3.05) is 0 Å². The highest BCUT2D eigenvalue weighted by molar-refractivity contribution is 6.28. The third kappa shape index (κ3) is 5.32. The molecular weight excluding hydrogens is 570 g/mol. The summed E-state index contributed by atoms with van der Waals surface area (Å²) in [4.78, 5) is 13.8. The Morgan fingerprint density at radius 1 is 0.356 bits per heavy atom. The van der Waals surface area contributed by atoms with E-state index >= 15 is 0 Å². The summed E-state index contributed by atoms with van der Waals surface area (Å²) in [5, 5.41) is 0.180. The summed E-state index contributed by atoms with van der Waals surface area (Å²) in [6.45, 7) is 0. The van der Waals surface area contributed by atoms with Crippen LogP contribution >= 0.6 is 11.6 Å². The molecule has 1 heterocycles. The maximum atomic E-state index is 6.47. The number of fused-ring (bicyclic) bond motifs is 6. The van der Waals surface area contributed by atoms with Crippen LogP contribution < -0.4 is 0 Å². The van der Waals surface area contributed by atoms with E-state index in [1.54, 1.807) is 0 Å². The second-order valence-corrected chi connectivity index (χ2v) is 11.7. The van der Waals surface area contributed by atoms with Crippen LogP contribution in [0.15, 0.2) is 146 Å². The molecule has 0 fully saturated rings. The van der Waals surface area contributed by atoms with Gasteiger partial charge in [-0.2, -0.15) is 9.97 Å². The minimum Gasteiger partial charge on any atom is -0.208 e. The van der Waals surface area contributed by atoms with Gasteiger partial charge in [0.25, 0.3) is 0 Å². The van der Waals surface area contributed by atoms with E-state index in [1.807, 2.05) is 30.3 Å². The maximum absolute atomic E-state index is 6.47. The Morgan fingerprint density at radius 3 is 1.40 bits per heavy atom. The van der Waals surface area contributed by atoms with Crippen LogP contribution in [0.2, 0.25) is 5.28 Å². The molecule has 1 aliphatic carbocycles. The average molecular weight is 598 g/mol. The van der Waals surface area contributed by atoms with Gasteiger partial charge in [0.2, 0.25) is 5.28 Å². The third-order valence-corrected chi connectivity index (χ3v) is 8.76. The second kappa shape index (κ2) is 11.6. The summed E-state index contributed by atoms with van der Waals surface area (Å²) in [5.74, 6) is 1.12. The van der Waals surface area contributed by atoms with Crippen molar-refractivity contribution < 1.29 is 0 Å². The molecule has 6 aromatic carbocycles. The topological polar surface area (TPSA) is 38.7 Å². The van der Waals surface area contributed by atoms with E-state index in [4.69, 9.17) is 16.6 Å². The molecule has 0 bridgehead atoms. The number of hydrogen-bond acceptors (Lipinski definition) is 3. The fraction of sp³-hybridized carbons (Fsp3) is 0.0488. The van der Waals surface area contributed by atoms with Gasteiger partial charge in [-0.1, -0.05) is 140 Å². The van der Waals surface area contributed by atoms with Crippen LogP contribution in [0.4, 0.5) is 0 Å². The van der Waals surface area contributed by atoms with Crippen molar-refractivity contribution in [2.24, 2.45) is 0 Å². The van der Waals surface area contributed by atoms with Gasteiger partial charge in [-0.25, -0.2) is 4.98 Å². The van der Waals surface area contributed by atoms with Gasteiger partial charge >= 0.3 is 0 Å². The van der Waals surface area contributed by atoms with Gasteiger partial charge in [0.05, 0.1) is 0 Å². The molecule has 4 heteroatoms. The SMILES string of the molecule is Clc1nc(-c2ccccc2)nc(-c2ccc3c(c2)Cc2ccccc2-c2ccccc2Cc2cc(-c4ccccc4)ccc2-3)n1. The first-order valence-corrected chi connectivity index (χ1v) is 15.5. The Balaban J connectivity index is 1.33. The van der Waals surface area contributed by atoms with Crippen molar-refractivity contribution in [1.29, 1.82) is 0 Å². The Labute approximate surface area is 267 Å². The van der Waals surface area contributed by atoms with Crippen molar-refractivity contribution >= 4 is 11.6 Å². The van der Waals surface area contributed by atoms with Crippen molar-refractivity contribution in [3.8, 4) is 56.2 Å². The lowest BCUT2D eigenvalue weighted by Crippen LogP contribution is -2.04. The maximum Gasteiger partial charge on any atom is 0.226 e. The minimum atomic E-state index is 0.180. The predicted octanol–water partition coefficient (Wildman–Crippen LogP) is 10.4. The van der Waals surface area contributed by atoms with E-state index in [0.717, 1.165) is 24.0 Å². The summed E-state index contributed by atoms with van der Waals surface area (Å²) in [6.07, 6.45) is 1.59. The first-order valence-electron chi connectivity index (χ1n) is 15.1. The Bertz CT molecular complexity index is 2170. The van der Waals surface area contributed by atoms with E-state index in [0.29, 0.717) is 11.6 Å². The zero-order valence-corrected chi connectivity index (χ0v) is 25.2. The highest BCUT2D eigenvalue weighted by atomic mass is 35.5. The smallest absolute Gasteiger partial charge is 0.208 e. The summed E-state index contributed by atoms with van der Waals surface area (Å²) < 4.78 is 0. The summed E-state index contributed by atoms with van der Waals surface area (Å²) >= 11 is 6.47. The Morgan fingerprint density at radius 2 is 0.800 bits per heavy atom. The summed E-state index contributed by atoms with van der Waals surface area (Å²) in [7, 11) is 0. The predicted molar refractivity (Wildman–Crippen MR) is 184 cm³/mol. The van der Waals surface area contributed by atoms with Crippen LogP contribution in [0, 0.1) is 0 Å². The average Bonchev–Trinajstić information content (AvgIpc) is 3.09. The van der Waals surface area contributed by atoms with Crippen molar-refractivity contribution in [3.05, 3.63) is 173 Å². The van der Waals surface area contributed by atoms with E-state index in [9.17, 15) is 0 Å². The first-order chi connectivity index (χ1) is 22.2. The van der Waals surface area contributed by atoms with Crippen LogP contribution in [0.1, 0.15) is 22.3 Å². The molecule has 0 atom stereocenters. The van der Waals surface area contributed by atoms with E-state index in [1.165, 1.54) is 55.6 Å². The normalized spacial score (nSPS) is 11.9. The lowest BCUT2D eigenvalue weighted by atomic mass is 9.82. The molecule has 0 N–H and O–H groups in total. The molecule has 0 aliphatic heterocycles. The fourth-order valence-corrected chi connectivity index (χ4v) is 6.60. The number of benzene rings is 6. The van der Waals surface area contributed by atoms with E-state index in [2.05, 4.69) is 125 Å². The van der Waals surface area contributed by atoms with Gasteiger partial charge in [0.1, 0.15) is 0 Å². The lowest BCUT2D eigenvalue weighted by molar-refractivity contribution is 1.06. The molecule has 3 nitrogen and oxygen atoms in total. The highest BCUT2D eigenvalue weighted by Gasteiger charge is 2.20. The third-order valence-electron chi connectivity index (χ3n) is 8.59. The van der Waals surface area contributed by atoms with Crippen molar-refractivity contribution in [1.82, 2.24) is 15.0 Å². The van der Waals surface area contributed by atoms with Crippen LogP contribution in [0.5, 0.6) is 0 Å². The first kappa shape index (κ1) is 27.2. The van der Waals surface area contributed by atoms with Crippen LogP contribution in [-0.4, -0.2) is 15.0 Å². The molecule has 0 amide bonds. The molecule has 7 aromatic rings. The monoisotopic (exact) mass is 597 g/mol. The summed E-state index contributed by atoms with van der Waals surface area (Å²) in [5.41, 5.74) is 14.4. The lowest BCUT2D eigenvalue weighted by Gasteiger charge is -2.22. The van der Waals surface area contributed by atoms with Crippen LogP contribution in [0.3, 0.4) is 0 Å². The van der Waals surface area contributed by atoms with Gasteiger partial charge in [-0.15, -0.1) is 0 Å². The van der Waals surface area contributed by atoms with Crippen LogP contribution in [0.25, 0.3) is 56.2 Å². The van der Waals surface area contributed by atoms with Gasteiger partial charge < -0.3 is 0 Å². The van der Waals surface area contributed by atoms with Gasteiger partial charge in [-0.05, 0) is 86.1 Å². The molecule has 1 aliphatic rings. The minimum absolute atomic E-state index is 0.180. The van der Waals surface area contributed by atoms with E-state index in [-0.39, 0.29) is 5.28 Å². The van der Waals surface area contributed by atoms with Crippen molar-refractivity contribution in [2.45, 2.75) is 12.8 Å². The molecule has 214 valence electrons. The largest absolute Gasteiger partial charge is 0.226 e. The Kier molecular flexibility index (Phi) is 7.01. The standard InChI is InChI=1S/C41H28ClN3/c42-41-44-39(28-13-5-2-6-14-28)43-40(45-41)32-20-22-38-34(26-32)25-31-16-8-10-18-36(31)35-17-9-7-15-30(35)24-33-23-29(19-21-37(33)38)27-11-3-1-4-12-27/h1-23,26H,24-25H2. The Hall–Kier alpha value is -5.38. The summed E-state index contributed by atoms with van der Waals surface area (Å²) in [6, 6.07) is 51.6. The molecule has 0 spiro atoms. The number of hydrogen-bond donors (Lipinski definition) is 0. The second-order valence-electron chi connectivity index (χ2n) is 11.4. The van der Waals surface area contributed by atoms with Crippen molar-refractivity contribution in [3.63, 3.8) is 0 Å². The molecule has 0 unspecified atom stereocenters. The molecule has 0 radical (unpaired) electrons. The molecule has 0 saturated carbocycles. The van der Waals surface area contributed by atoms with Crippen LogP contribution in [-0.2, 0) is 12.8 Å². The zero-order valence-electron chi connectivity index (χ0n) is 24.5. The number of nitrogens with zero attached hydrogens (tertiary/aromatic N) is 3. The van der Waals surface area contributed by atoms with Gasteiger partial charge in [0, 0.05) is 11.1 Å². The molecule has 0 saturated heterocycles. The molecular formula is C41H28ClN3. The fourth-order valence-electron chi connectivity index (χ4n) is 6.44. The zero-order chi connectivity index (χ0) is 30.2. The van der Waals surface area contributed by atoms with Gasteiger partial charge in [0.15, 0.2) is 11.6 Å². The molecule has 45 heavy (non-hydrogen) atoms. The van der Waals surface area contributed by atoms with Gasteiger partial charge in [-0.3, -0.25) is 0 Å². The number of aromatic nitrogens is 3. The number of rotatable bonds is 3.